The molecule has 1 saturated heterocycles. The van der Waals surface area contributed by atoms with Crippen LogP contribution in [0.1, 0.15) is 5.56 Å². The molecule has 0 aromatic heterocycles. The zero-order valence-corrected chi connectivity index (χ0v) is 9.96. The lowest BCUT2D eigenvalue weighted by atomic mass is 10.2. The zero-order chi connectivity index (χ0) is 12.1. The van der Waals surface area contributed by atoms with E-state index in [0.717, 1.165) is 13.1 Å². The van der Waals surface area contributed by atoms with Gasteiger partial charge in [-0.25, -0.2) is 4.79 Å². The number of hydrogen-bond acceptors (Lipinski definition) is 4. The van der Waals surface area contributed by atoms with Gasteiger partial charge < -0.3 is 9.47 Å². The highest BCUT2D eigenvalue weighted by Gasteiger charge is 2.27. The minimum absolute atomic E-state index is 0.289. The molecular weight excluding hydrogens is 218 g/mol. The summed E-state index contributed by atoms with van der Waals surface area (Å²) in [5.41, 5.74) is 1.25. The lowest BCUT2D eigenvalue weighted by molar-refractivity contribution is -0.160. The number of nitrogens with zero attached hydrogens (tertiary/aromatic N) is 1. The molecule has 1 fully saturated rings. The van der Waals surface area contributed by atoms with Crippen LogP contribution < -0.4 is 0 Å². The molecule has 4 heteroatoms. The highest BCUT2D eigenvalue weighted by molar-refractivity contribution is 5.74. The molecule has 1 atom stereocenters. The van der Waals surface area contributed by atoms with Gasteiger partial charge in [-0.05, 0) is 5.56 Å². The molecule has 0 N–H and O–H groups in total. The fraction of sp³-hybridized carbons (Fsp3) is 0.462. The molecule has 92 valence electrons. The summed E-state index contributed by atoms with van der Waals surface area (Å²) in [6.07, 6.45) is -0.447. The molecular formula is C13H17NO3. The van der Waals surface area contributed by atoms with E-state index in [1.54, 1.807) is 0 Å². The van der Waals surface area contributed by atoms with Crippen LogP contribution in [0.2, 0.25) is 0 Å². The van der Waals surface area contributed by atoms with E-state index in [1.807, 2.05) is 18.2 Å². The van der Waals surface area contributed by atoms with Gasteiger partial charge in [-0.15, -0.1) is 0 Å². The summed E-state index contributed by atoms with van der Waals surface area (Å²) >= 11 is 0. The second kappa shape index (κ2) is 5.80. The predicted octanol–water partition coefficient (Wildman–Crippen LogP) is 1.06. The Morgan fingerprint density at radius 2 is 2.24 bits per heavy atom. The Morgan fingerprint density at radius 1 is 1.47 bits per heavy atom. The van der Waals surface area contributed by atoms with Crippen molar-refractivity contribution in [2.24, 2.45) is 0 Å². The largest absolute Gasteiger partial charge is 0.467 e. The lowest BCUT2D eigenvalue weighted by Crippen LogP contribution is -2.46. The Balaban J connectivity index is 1.92. The summed E-state index contributed by atoms with van der Waals surface area (Å²) in [5, 5.41) is 0. The van der Waals surface area contributed by atoms with Crippen molar-refractivity contribution in [3.63, 3.8) is 0 Å². The van der Waals surface area contributed by atoms with Gasteiger partial charge in [0.25, 0.3) is 0 Å². The van der Waals surface area contributed by atoms with Gasteiger partial charge in [-0.3, -0.25) is 4.90 Å². The molecule has 0 spiro atoms. The number of rotatable bonds is 3. The van der Waals surface area contributed by atoms with E-state index in [0.29, 0.717) is 13.2 Å². The van der Waals surface area contributed by atoms with Gasteiger partial charge >= 0.3 is 5.97 Å². The lowest BCUT2D eigenvalue weighted by Gasteiger charge is -2.31. The van der Waals surface area contributed by atoms with Gasteiger partial charge in [0.15, 0.2) is 6.10 Å². The van der Waals surface area contributed by atoms with E-state index < -0.39 is 6.10 Å². The quantitative estimate of drug-likeness (QED) is 0.734. The average Bonchev–Trinajstić information content (AvgIpc) is 2.39. The Kier molecular flexibility index (Phi) is 4.12. The molecule has 1 aliphatic rings. The van der Waals surface area contributed by atoms with E-state index in [9.17, 15) is 4.79 Å². The van der Waals surface area contributed by atoms with Crippen LogP contribution in [-0.4, -0.2) is 43.8 Å². The maximum absolute atomic E-state index is 11.4. The van der Waals surface area contributed by atoms with Crippen LogP contribution in [0.5, 0.6) is 0 Å². The van der Waals surface area contributed by atoms with Crippen molar-refractivity contribution < 1.29 is 14.3 Å². The van der Waals surface area contributed by atoms with E-state index in [4.69, 9.17) is 9.47 Å². The first kappa shape index (κ1) is 12.1. The first-order valence-corrected chi connectivity index (χ1v) is 5.75. The highest BCUT2D eigenvalue weighted by atomic mass is 16.6. The topological polar surface area (TPSA) is 38.8 Å². The third-order valence-electron chi connectivity index (χ3n) is 2.86. The van der Waals surface area contributed by atoms with Crippen molar-refractivity contribution in [1.82, 2.24) is 4.90 Å². The molecule has 4 nitrogen and oxygen atoms in total. The molecule has 1 aromatic rings. The monoisotopic (exact) mass is 235 g/mol. The number of benzene rings is 1. The van der Waals surface area contributed by atoms with Crippen molar-refractivity contribution in [1.29, 1.82) is 0 Å². The second-order valence-corrected chi connectivity index (χ2v) is 4.10. The average molecular weight is 235 g/mol. The van der Waals surface area contributed by atoms with Crippen molar-refractivity contribution >= 4 is 5.97 Å². The first-order valence-electron chi connectivity index (χ1n) is 5.75. The number of morpholine rings is 1. The Hall–Kier alpha value is -1.39. The van der Waals surface area contributed by atoms with Crippen LogP contribution in [0.25, 0.3) is 0 Å². The van der Waals surface area contributed by atoms with Crippen molar-refractivity contribution in [2.45, 2.75) is 12.6 Å². The number of methoxy groups -OCH3 is 1. The van der Waals surface area contributed by atoms with Gasteiger partial charge in [0.1, 0.15) is 0 Å². The minimum atomic E-state index is -0.447. The molecule has 0 saturated carbocycles. The van der Waals surface area contributed by atoms with E-state index in [2.05, 4.69) is 17.0 Å². The standard InChI is InChI=1S/C13H17NO3/c1-16-13(15)12-10-14(7-8-17-12)9-11-5-3-2-4-6-11/h2-6,12H,7-10H2,1H3/t12-/m1/s1. The van der Waals surface area contributed by atoms with Gasteiger partial charge in [0.2, 0.25) is 0 Å². The van der Waals surface area contributed by atoms with Gasteiger partial charge in [-0.1, -0.05) is 30.3 Å². The van der Waals surface area contributed by atoms with Crippen LogP contribution >= 0.6 is 0 Å². The summed E-state index contributed by atoms with van der Waals surface area (Å²) in [6, 6.07) is 10.2. The predicted molar refractivity (Wildman–Crippen MR) is 63.5 cm³/mol. The number of hydrogen-bond donors (Lipinski definition) is 0. The van der Waals surface area contributed by atoms with Crippen molar-refractivity contribution in [3.05, 3.63) is 35.9 Å². The Labute approximate surface area is 101 Å². The van der Waals surface area contributed by atoms with E-state index in [-0.39, 0.29) is 5.97 Å². The summed E-state index contributed by atoms with van der Waals surface area (Å²) in [7, 11) is 1.39. The number of esters is 1. The maximum Gasteiger partial charge on any atom is 0.336 e. The van der Waals surface area contributed by atoms with Gasteiger partial charge in [0, 0.05) is 19.6 Å². The molecule has 1 heterocycles. The fourth-order valence-corrected chi connectivity index (χ4v) is 1.96. The fourth-order valence-electron chi connectivity index (χ4n) is 1.96. The summed E-state index contributed by atoms with van der Waals surface area (Å²) in [4.78, 5) is 13.6. The van der Waals surface area contributed by atoms with Crippen LogP contribution in [0, 0.1) is 0 Å². The molecule has 2 rings (SSSR count). The molecule has 0 unspecified atom stereocenters. The minimum Gasteiger partial charge on any atom is -0.467 e. The van der Waals surface area contributed by atoms with E-state index >= 15 is 0 Å². The summed E-state index contributed by atoms with van der Waals surface area (Å²) in [6.45, 7) is 2.87. The molecule has 0 radical (unpaired) electrons. The third kappa shape index (κ3) is 3.28. The Morgan fingerprint density at radius 3 is 2.94 bits per heavy atom. The number of carbonyl (C=O) groups is 1. The zero-order valence-electron chi connectivity index (χ0n) is 9.96. The Bertz CT molecular complexity index is 366. The third-order valence-corrected chi connectivity index (χ3v) is 2.86. The molecule has 0 amide bonds. The van der Waals surface area contributed by atoms with Crippen LogP contribution in [0.4, 0.5) is 0 Å². The van der Waals surface area contributed by atoms with Crippen LogP contribution in [0.15, 0.2) is 30.3 Å². The smallest absolute Gasteiger partial charge is 0.336 e. The second-order valence-electron chi connectivity index (χ2n) is 4.10. The molecule has 0 bridgehead atoms. The highest BCUT2D eigenvalue weighted by Crippen LogP contribution is 2.11. The van der Waals surface area contributed by atoms with E-state index in [1.165, 1.54) is 12.7 Å². The molecule has 17 heavy (non-hydrogen) atoms. The van der Waals surface area contributed by atoms with Crippen LogP contribution in [-0.2, 0) is 20.8 Å². The molecule has 0 aliphatic carbocycles. The molecule has 1 aromatic carbocycles. The van der Waals surface area contributed by atoms with Crippen molar-refractivity contribution in [3.8, 4) is 0 Å². The molecule has 1 aliphatic heterocycles. The SMILES string of the molecule is COC(=O)[C@H]1CN(Cc2ccccc2)CCO1. The summed E-state index contributed by atoms with van der Waals surface area (Å²) in [5.74, 6) is -0.289. The van der Waals surface area contributed by atoms with Gasteiger partial charge in [-0.2, -0.15) is 0 Å². The summed E-state index contributed by atoms with van der Waals surface area (Å²) < 4.78 is 10.1. The normalized spacial score (nSPS) is 21.1. The van der Waals surface area contributed by atoms with Gasteiger partial charge in [0.05, 0.1) is 13.7 Å². The van der Waals surface area contributed by atoms with Crippen molar-refractivity contribution in [2.75, 3.05) is 26.8 Å². The first-order chi connectivity index (χ1) is 8.29. The number of carbonyl (C=O) groups excluding carboxylic acids is 1. The maximum atomic E-state index is 11.4. The van der Waals surface area contributed by atoms with Crippen LogP contribution in [0.3, 0.4) is 0 Å². The number of ether oxygens (including phenoxy) is 2.